The molecule has 2 aromatic carbocycles. The van der Waals surface area contributed by atoms with Crippen LogP contribution in [0.1, 0.15) is 67.6 Å². The molecular weight excluding hydrogens is 369 g/mol. The maximum absolute atomic E-state index is 14.3. The SMILES string of the molecule is CCC[C@@H]1CC[C@H]2c3cc(F)cc(F)c3CC[C@@H]2[C@H]1c1ccc(Cl)c(F)c1. The fourth-order valence-corrected chi connectivity index (χ4v) is 5.73. The summed E-state index contributed by atoms with van der Waals surface area (Å²) in [4.78, 5) is 0. The van der Waals surface area contributed by atoms with E-state index in [4.69, 9.17) is 11.6 Å². The summed E-state index contributed by atoms with van der Waals surface area (Å²) in [7, 11) is 0. The lowest BCUT2D eigenvalue weighted by atomic mass is 9.57. The maximum Gasteiger partial charge on any atom is 0.142 e. The standard InChI is InChI=1S/C23H24ClF3/c1-2-3-13-4-6-16-18(23(13)14-5-9-20(24)22(27)10-14)8-7-17-19(16)11-15(25)12-21(17)26/h5,9-13,16,18,23H,2-4,6-8H2,1H3/t13-,16-,18+,23-/m1/s1. The van der Waals surface area contributed by atoms with E-state index in [1.165, 1.54) is 6.07 Å². The normalized spacial score (nSPS) is 27.1. The van der Waals surface area contributed by atoms with Gasteiger partial charge in [0.2, 0.25) is 0 Å². The average molecular weight is 393 g/mol. The molecule has 0 spiro atoms. The molecule has 4 heteroatoms. The van der Waals surface area contributed by atoms with Crippen molar-refractivity contribution < 1.29 is 13.2 Å². The molecule has 0 heterocycles. The molecule has 2 aliphatic rings. The molecule has 1 saturated carbocycles. The second kappa shape index (κ2) is 7.50. The molecule has 4 rings (SSSR count). The first-order valence-electron chi connectivity index (χ1n) is 9.92. The van der Waals surface area contributed by atoms with Gasteiger partial charge in [-0.3, -0.25) is 0 Å². The van der Waals surface area contributed by atoms with Gasteiger partial charge in [0.1, 0.15) is 17.5 Å². The summed E-state index contributed by atoms with van der Waals surface area (Å²) in [5, 5.41) is 0.135. The quantitative estimate of drug-likeness (QED) is 0.510. The molecular formula is C23H24ClF3. The van der Waals surface area contributed by atoms with Crippen LogP contribution in [0.4, 0.5) is 13.2 Å². The molecule has 0 bridgehead atoms. The van der Waals surface area contributed by atoms with Crippen molar-refractivity contribution in [2.45, 2.75) is 57.3 Å². The van der Waals surface area contributed by atoms with Gasteiger partial charge in [0, 0.05) is 6.07 Å². The second-order valence-electron chi connectivity index (χ2n) is 8.09. The van der Waals surface area contributed by atoms with Gasteiger partial charge in [0.15, 0.2) is 0 Å². The Hall–Kier alpha value is -1.48. The van der Waals surface area contributed by atoms with Crippen LogP contribution < -0.4 is 0 Å². The van der Waals surface area contributed by atoms with Gasteiger partial charge in [-0.2, -0.15) is 0 Å². The first kappa shape index (κ1) is 18.9. The summed E-state index contributed by atoms with van der Waals surface area (Å²) in [5.41, 5.74) is 2.48. The van der Waals surface area contributed by atoms with E-state index in [9.17, 15) is 13.2 Å². The lowest BCUT2D eigenvalue weighted by Gasteiger charge is -2.47. The van der Waals surface area contributed by atoms with Crippen LogP contribution in [0.25, 0.3) is 0 Å². The third-order valence-corrected chi connectivity index (χ3v) is 6.95. The summed E-state index contributed by atoms with van der Waals surface area (Å²) < 4.78 is 42.4. The fourth-order valence-electron chi connectivity index (χ4n) is 5.62. The van der Waals surface area contributed by atoms with Gasteiger partial charge in [-0.25, -0.2) is 13.2 Å². The predicted molar refractivity (Wildman–Crippen MR) is 103 cm³/mol. The second-order valence-corrected chi connectivity index (χ2v) is 8.50. The molecule has 1 fully saturated rings. The van der Waals surface area contributed by atoms with E-state index in [2.05, 4.69) is 6.92 Å². The highest BCUT2D eigenvalue weighted by Gasteiger charge is 2.43. The van der Waals surface area contributed by atoms with Crippen LogP contribution in [0.5, 0.6) is 0 Å². The first-order valence-corrected chi connectivity index (χ1v) is 10.3. The number of benzene rings is 2. The Bertz CT molecular complexity index is 848. The fraction of sp³-hybridized carbons (Fsp3) is 0.478. The Labute approximate surface area is 163 Å². The third-order valence-electron chi connectivity index (χ3n) is 6.64. The molecule has 0 unspecified atom stereocenters. The molecule has 27 heavy (non-hydrogen) atoms. The zero-order valence-electron chi connectivity index (χ0n) is 15.5. The molecule has 2 aromatic rings. The van der Waals surface area contributed by atoms with Crippen LogP contribution in [-0.4, -0.2) is 0 Å². The molecule has 0 radical (unpaired) electrons. The van der Waals surface area contributed by atoms with E-state index < -0.39 is 11.6 Å². The van der Waals surface area contributed by atoms with Gasteiger partial charge >= 0.3 is 0 Å². The van der Waals surface area contributed by atoms with Gasteiger partial charge in [-0.15, -0.1) is 0 Å². The summed E-state index contributed by atoms with van der Waals surface area (Å²) in [6.45, 7) is 2.17. The Morgan fingerprint density at radius 3 is 2.56 bits per heavy atom. The van der Waals surface area contributed by atoms with Crippen LogP contribution in [0, 0.1) is 29.3 Å². The minimum atomic E-state index is -0.503. The molecule has 0 aliphatic heterocycles. The number of fused-ring (bicyclic) bond motifs is 3. The monoisotopic (exact) mass is 392 g/mol. The van der Waals surface area contributed by atoms with Crippen LogP contribution in [0.2, 0.25) is 5.02 Å². The van der Waals surface area contributed by atoms with Crippen molar-refractivity contribution in [1.29, 1.82) is 0 Å². The van der Waals surface area contributed by atoms with Gasteiger partial charge < -0.3 is 0 Å². The number of hydrogen-bond acceptors (Lipinski definition) is 0. The van der Waals surface area contributed by atoms with Crippen LogP contribution >= 0.6 is 11.6 Å². The highest BCUT2D eigenvalue weighted by atomic mass is 35.5. The largest absolute Gasteiger partial charge is 0.207 e. The van der Waals surface area contributed by atoms with E-state index in [1.807, 2.05) is 6.07 Å². The average Bonchev–Trinajstić information content (AvgIpc) is 2.64. The number of hydrogen-bond donors (Lipinski definition) is 0. The topological polar surface area (TPSA) is 0 Å². The van der Waals surface area contributed by atoms with Crippen molar-refractivity contribution in [2.24, 2.45) is 11.8 Å². The Morgan fingerprint density at radius 1 is 1.00 bits per heavy atom. The molecule has 4 atom stereocenters. The van der Waals surface area contributed by atoms with Crippen LogP contribution in [0.3, 0.4) is 0 Å². The van der Waals surface area contributed by atoms with Crippen molar-refractivity contribution in [3.05, 3.63) is 69.5 Å². The summed E-state index contributed by atoms with van der Waals surface area (Å²) >= 11 is 5.90. The summed E-state index contributed by atoms with van der Waals surface area (Å²) in [6.07, 6.45) is 5.58. The molecule has 0 N–H and O–H groups in total. The smallest absolute Gasteiger partial charge is 0.142 e. The van der Waals surface area contributed by atoms with E-state index in [1.54, 1.807) is 12.1 Å². The molecule has 0 amide bonds. The van der Waals surface area contributed by atoms with E-state index in [0.717, 1.165) is 49.3 Å². The van der Waals surface area contributed by atoms with Crippen LogP contribution in [0.15, 0.2) is 30.3 Å². The number of halogens is 4. The van der Waals surface area contributed by atoms with E-state index in [-0.39, 0.29) is 28.6 Å². The van der Waals surface area contributed by atoms with E-state index in [0.29, 0.717) is 17.9 Å². The zero-order chi connectivity index (χ0) is 19.1. The lowest BCUT2D eigenvalue weighted by Crippen LogP contribution is -2.35. The van der Waals surface area contributed by atoms with Crippen molar-refractivity contribution in [3.8, 4) is 0 Å². The minimum Gasteiger partial charge on any atom is -0.207 e. The molecule has 2 aliphatic carbocycles. The Balaban J connectivity index is 1.76. The Kier molecular flexibility index (Phi) is 5.24. The van der Waals surface area contributed by atoms with Crippen molar-refractivity contribution in [3.63, 3.8) is 0 Å². The molecule has 0 aromatic heterocycles. The van der Waals surface area contributed by atoms with Gasteiger partial charge in [0.25, 0.3) is 0 Å². The minimum absolute atomic E-state index is 0.135. The van der Waals surface area contributed by atoms with Crippen molar-refractivity contribution >= 4 is 11.6 Å². The van der Waals surface area contributed by atoms with E-state index >= 15 is 0 Å². The third kappa shape index (κ3) is 3.40. The Morgan fingerprint density at radius 2 is 1.81 bits per heavy atom. The lowest BCUT2D eigenvalue weighted by molar-refractivity contribution is 0.159. The molecule has 0 nitrogen and oxygen atoms in total. The van der Waals surface area contributed by atoms with Crippen molar-refractivity contribution in [2.75, 3.05) is 0 Å². The molecule has 0 saturated heterocycles. The number of rotatable bonds is 3. The summed E-state index contributed by atoms with van der Waals surface area (Å²) in [6, 6.07) is 7.65. The van der Waals surface area contributed by atoms with Gasteiger partial charge in [0.05, 0.1) is 5.02 Å². The van der Waals surface area contributed by atoms with Gasteiger partial charge in [-0.1, -0.05) is 37.4 Å². The molecule has 144 valence electrons. The maximum atomic E-state index is 14.3. The zero-order valence-corrected chi connectivity index (χ0v) is 16.2. The van der Waals surface area contributed by atoms with Crippen molar-refractivity contribution in [1.82, 2.24) is 0 Å². The highest BCUT2D eigenvalue weighted by Crippen LogP contribution is 2.55. The first-order chi connectivity index (χ1) is 13.0. The van der Waals surface area contributed by atoms with Gasteiger partial charge in [-0.05, 0) is 84.2 Å². The predicted octanol–water partition coefficient (Wildman–Crippen LogP) is 7.40. The highest BCUT2D eigenvalue weighted by molar-refractivity contribution is 6.30. The summed E-state index contributed by atoms with van der Waals surface area (Å²) in [5.74, 6) is -0.225. The van der Waals surface area contributed by atoms with Crippen LogP contribution in [-0.2, 0) is 6.42 Å².